The summed E-state index contributed by atoms with van der Waals surface area (Å²) >= 11 is 0. The zero-order valence-electron chi connectivity index (χ0n) is 15.6. The minimum Gasteiger partial charge on any atom is -0.508 e. The quantitative estimate of drug-likeness (QED) is 0.643. The number of aromatic nitrogens is 2. The highest BCUT2D eigenvalue weighted by atomic mass is 19.2. The van der Waals surface area contributed by atoms with Gasteiger partial charge < -0.3 is 16.6 Å². The van der Waals surface area contributed by atoms with Gasteiger partial charge in [-0.25, -0.2) is 13.3 Å². The summed E-state index contributed by atoms with van der Waals surface area (Å²) in [5.74, 6) is -1.60. The number of carbonyl (C=O) groups excluding carboxylic acids is 1. The maximum absolute atomic E-state index is 13.6. The van der Waals surface area contributed by atoms with Crippen molar-refractivity contribution in [2.45, 2.75) is 39.0 Å². The predicted octanol–water partition coefficient (Wildman–Crippen LogP) is 3.09. The molecule has 6 nitrogen and oxygen atoms in total. The first kappa shape index (κ1) is 18.2. The third-order valence-electron chi connectivity index (χ3n) is 5.52. The van der Waals surface area contributed by atoms with E-state index in [4.69, 9.17) is 11.5 Å². The minimum absolute atomic E-state index is 0.0392. The fourth-order valence-corrected chi connectivity index (χ4v) is 3.91. The Balaban J connectivity index is 2.09. The van der Waals surface area contributed by atoms with Crippen molar-refractivity contribution in [1.82, 2.24) is 9.61 Å². The molecule has 3 aromatic rings. The Morgan fingerprint density at radius 1 is 1.21 bits per heavy atom. The lowest BCUT2D eigenvalue weighted by atomic mass is 9.98. The van der Waals surface area contributed by atoms with E-state index in [1.807, 2.05) is 6.92 Å². The van der Waals surface area contributed by atoms with Gasteiger partial charge in [0.25, 0.3) is 5.91 Å². The summed E-state index contributed by atoms with van der Waals surface area (Å²) in [6.07, 6.45) is -3.16. The lowest BCUT2D eigenvalue weighted by Gasteiger charge is -2.13. The monoisotopic (exact) mass is 386 g/mol. The lowest BCUT2D eigenvalue weighted by molar-refractivity contribution is 0.100. The smallest absolute Gasteiger partial charge is 0.253 e. The molecule has 1 fully saturated rings. The fourth-order valence-electron chi connectivity index (χ4n) is 3.91. The van der Waals surface area contributed by atoms with Crippen molar-refractivity contribution in [2.24, 2.45) is 5.73 Å². The van der Waals surface area contributed by atoms with Gasteiger partial charge in [0.2, 0.25) is 0 Å². The summed E-state index contributed by atoms with van der Waals surface area (Å²) < 4.78 is 28.7. The normalized spacial score (nSPS) is 21.2. The van der Waals surface area contributed by atoms with Gasteiger partial charge in [-0.1, -0.05) is 6.07 Å². The fraction of sp³-hybridized carbons (Fsp3) is 0.300. The zero-order chi connectivity index (χ0) is 20.5. The van der Waals surface area contributed by atoms with Crippen LogP contribution in [0.3, 0.4) is 0 Å². The molecule has 8 heteroatoms. The number of alkyl halides is 2. The summed E-state index contributed by atoms with van der Waals surface area (Å²) in [6, 6.07) is 4.83. The molecule has 1 aliphatic carbocycles. The number of hydrogen-bond donors (Lipinski definition) is 3. The van der Waals surface area contributed by atoms with E-state index in [9.17, 15) is 18.7 Å². The molecule has 2 unspecified atom stereocenters. The number of nitrogens with two attached hydrogens (primary N) is 2. The number of aromatic hydroxyl groups is 1. The van der Waals surface area contributed by atoms with Crippen LogP contribution in [0.15, 0.2) is 18.2 Å². The van der Waals surface area contributed by atoms with Crippen LogP contribution in [0.2, 0.25) is 0 Å². The summed E-state index contributed by atoms with van der Waals surface area (Å²) in [7, 11) is 0. The molecule has 28 heavy (non-hydrogen) atoms. The third kappa shape index (κ3) is 2.37. The third-order valence-corrected chi connectivity index (χ3v) is 5.52. The van der Waals surface area contributed by atoms with Crippen molar-refractivity contribution < 1.29 is 18.7 Å². The maximum atomic E-state index is 13.6. The predicted molar refractivity (Wildman–Crippen MR) is 102 cm³/mol. The average molecular weight is 386 g/mol. The van der Waals surface area contributed by atoms with Crippen LogP contribution in [-0.2, 0) is 0 Å². The number of nitrogens with zero attached hydrogens (tertiary/aromatic N) is 2. The molecule has 0 bridgehead atoms. The molecule has 1 aliphatic rings. The van der Waals surface area contributed by atoms with Gasteiger partial charge in [-0.05, 0) is 44.0 Å². The topological polar surface area (TPSA) is 107 Å². The largest absolute Gasteiger partial charge is 0.508 e. The highest BCUT2D eigenvalue weighted by Crippen LogP contribution is 2.48. The first-order valence-electron chi connectivity index (χ1n) is 8.84. The number of phenols is 1. The summed E-state index contributed by atoms with van der Waals surface area (Å²) in [5.41, 5.74) is 15.5. The molecular weight excluding hydrogens is 366 g/mol. The van der Waals surface area contributed by atoms with Crippen LogP contribution in [0.1, 0.15) is 38.7 Å². The molecule has 5 N–H and O–H groups in total. The number of fused-ring (bicyclic) bond motifs is 1. The number of hydrogen-bond acceptors (Lipinski definition) is 4. The van der Waals surface area contributed by atoms with E-state index in [0.717, 1.165) is 5.56 Å². The Hall–Kier alpha value is -3.16. The second-order valence-electron chi connectivity index (χ2n) is 7.30. The Morgan fingerprint density at radius 2 is 1.86 bits per heavy atom. The summed E-state index contributed by atoms with van der Waals surface area (Å²) in [5, 5.41) is 14.6. The number of benzene rings is 1. The van der Waals surface area contributed by atoms with Gasteiger partial charge in [0.05, 0.1) is 34.1 Å². The van der Waals surface area contributed by atoms with Crippen LogP contribution < -0.4 is 11.5 Å². The molecule has 0 aliphatic heterocycles. The van der Waals surface area contributed by atoms with E-state index in [2.05, 4.69) is 5.10 Å². The molecule has 1 aromatic carbocycles. The van der Waals surface area contributed by atoms with Crippen molar-refractivity contribution in [1.29, 1.82) is 0 Å². The number of phenolic OH excluding ortho intramolecular Hbond substituents is 1. The van der Waals surface area contributed by atoms with Gasteiger partial charge in [0.1, 0.15) is 18.1 Å². The van der Waals surface area contributed by atoms with Crippen molar-refractivity contribution in [3.63, 3.8) is 0 Å². The number of carbonyl (C=O) groups is 1. The molecule has 0 spiro atoms. The van der Waals surface area contributed by atoms with Crippen LogP contribution in [0.4, 0.5) is 14.5 Å². The Labute approximate surface area is 159 Å². The molecule has 2 heterocycles. The van der Waals surface area contributed by atoms with E-state index in [0.29, 0.717) is 28.1 Å². The molecule has 2 aromatic heterocycles. The summed E-state index contributed by atoms with van der Waals surface area (Å²) in [4.78, 5) is 12.1. The number of aryl methyl sites for hydroxylation is 2. The van der Waals surface area contributed by atoms with Crippen LogP contribution in [0.25, 0.3) is 16.8 Å². The number of rotatable bonds is 3. The molecule has 1 saturated carbocycles. The first-order chi connectivity index (χ1) is 13.1. The van der Waals surface area contributed by atoms with Gasteiger partial charge in [-0.3, -0.25) is 4.79 Å². The Bertz CT molecular complexity index is 1150. The Morgan fingerprint density at radius 3 is 2.43 bits per heavy atom. The number of amides is 1. The van der Waals surface area contributed by atoms with Gasteiger partial charge >= 0.3 is 0 Å². The second kappa shape index (κ2) is 5.92. The number of primary amides is 1. The lowest BCUT2D eigenvalue weighted by Crippen LogP contribution is -2.13. The van der Waals surface area contributed by atoms with E-state index in [1.165, 1.54) is 10.6 Å². The molecule has 0 saturated heterocycles. The van der Waals surface area contributed by atoms with Crippen molar-refractivity contribution in [2.75, 3.05) is 5.73 Å². The molecular formula is C20H20F2N4O2. The van der Waals surface area contributed by atoms with Gasteiger partial charge in [0.15, 0.2) is 0 Å². The standard InChI is InChI=1S/C20H20F2N4O2/c1-7-4-5-12(27)8(2)13(7)19-18(23)15(20(24)28)11-6-10(9(3)25-26(11)19)14-16(21)17(14)22/h4-6,14,16-17,27H,23H2,1-3H3,(H2,24,28). The highest BCUT2D eigenvalue weighted by molar-refractivity contribution is 6.09. The van der Waals surface area contributed by atoms with Gasteiger partial charge in [-0.2, -0.15) is 5.10 Å². The van der Waals surface area contributed by atoms with Gasteiger partial charge in [0, 0.05) is 11.1 Å². The summed E-state index contributed by atoms with van der Waals surface area (Å²) in [6.45, 7) is 5.23. The first-order valence-corrected chi connectivity index (χ1v) is 8.84. The molecule has 4 rings (SSSR count). The number of halogens is 2. The highest BCUT2D eigenvalue weighted by Gasteiger charge is 2.54. The van der Waals surface area contributed by atoms with Crippen LogP contribution in [-0.4, -0.2) is 33.0 Å². The van der Waals surface area contributed by atoms with Crippen molar-refractivity contribution in [3.05, 3.63) is 46.1 Å². The van der Waals surface area contributed by atoms with Crippen LogP contribution >= 0.6 is 0 Å². The molecule has 1 amide bonds. The van der Waals surface area contributed by atoms with Gasteiger partial charge in [-0.15, -0.1) is 0 Å². The molecule has 0 radical (unpaired) electrons. The molecule has 146 valence electrons. The zero-order valence-corrected chi connectivity index (χ0v) is 15.6. The van der Waals surface area contributed by atoms with E-state index >= 15 is 0 Å². The van der Waals surface area contributed by atoms with E-state index < -0.39 is 24.2 Å². The van der Waals surface area contributed by atoms with Crippen LogP contribution in [0.5, 0.6) is 5.75 Å². The number of nitrogen functional groups attached to an aromatic ring is 1. The number of anilines is 1. The second-order valence-corrected chi connectivity index (χ2v) is 7.30. The maximum Gasteiger partial charge on any atom is 0.253 e. The molecule has 2 atom stereocenters. The average Bonchev–Trinajstić information content (AvgIpc) is 3.10. The SMILES string of the molecule is Cc1ccc(O)c(C)c1-c1c(N)c(C(N)=O)c2cc(C3C(F)C3F)c(C)nn12. The van der Waals surface area contributed by atoms with Crippen molar-refractivity contribution in [3.8, 4) is 17.0 Å². The van der Waals surface area contributed by atoms with Crippen LogP contribution in [0, 0.1) is 20.8 Å². The minimum atomic E-state index is -1.58. The van der Waals surface area contributed by atoms with E-state index in [-0.39, 0.29) is 22.5 Å². The van der Waals surface area contributed by atoms with E-state index in [1.54, 1.807) is 26.0 Å². The Kier molecular flexibility index (Phi) is 3.85. The van der Waals surface area contributed by atoms with Crippen molar-refractivity contribution >= 4 is 17.1 Å².